The van der Waals surface area contributed by atoms with Crippen LogP contribution in [-0.2, 0) is 0 Å². The van der Waals surface area contributed by atoms with Gasteiger partial charge in [0.15, 0.2) is 5.82 Å². The van der Waals surface area contributed by atoms with E-state index in [1.807, 2.05) is 24.3 Å². The fourth-order valence-corrected chi connectivity index (χ4v) is 2.64. The van der Waals surface area contributed by atoms with Crippen molar-refractivity contribution in [2.45, 2.75) is 6.92 Å². The van der Waals surface area contributed by atoms with Crippen LogP contribution in [0.3, 0.4) is 0 Å². The van der Waals surface area contributed by atoms with Gasteiger partial charge in [-0.2, -0.15) is 0 Å². The molecule has 0 bridgehead atoms. The summed E-state index contributed by atoms with van der Waals surface area (Å²) in [5.74, 6) is 2.41. The molecule has 0 radical (unpaired) electrons. The van der Waals surface area contributed by atoms with Gasteiger partial charge >= 0.3 is 0 Å². The number of likely N-dealkylation sites (N-methyl/N-ethyl adjacent to an activating group) is 1. The van der Waals surface area contributed by atoms with Crippen molar-refractivity contribution >= 4 is 16.7 Å². The minimum Gasteiger partial charge on any atom is -0.497 e. The molecule has 1 heterocycles. The largest absolute Gasteiger partial charge is 0.497 e. The van der Waals surface area contributed by atoms with Crippen molar-refractivity contribution in [3.05, 3.63) is 48.0 Å². The van der Waals surface area contributed by atoms with Crippen molar-refractivity contribution in [3.8, 4) is 17.1 Å². The molecule has 1 N–H and O–H groups in total. The van der Waals surface area contributed by atoms with Crippen LogP contribution in [0.4, 0.5) is 5.82 Å². The molecule has 3 rings (SSSR count). The van der Waals surface area contributed by atoms with Crippen LogP contribution in [-0.4, -0.2) is 49.2 Å². The summed E-state index contributed by atoms with van der Waals surface area (Å²) >= 11 is 0. The van der Waals surface area contributed by atoms with Crippen molar-refractivity contribution in [3.63, 3.8) is 0 Å². The van der Waals surface area contributed by atoms with E-state index < -0.39 is 0 Å². The molecule has 0 saturated heterocycles. The Labute approximate surface area is 148 Å². The molecular formula is C20H24N4O. The van der Waals surface area contributed by atoms with E-state index >= 15 is 0 Å². The van der Waals surface area contributed by atoms with Gasteiger partial charge in [-0.15, -0.1) is 0 Å². The summed E-state index contributed by atoms with van der Waals surface area (Å²) < 4.78 is 5.23. The number of rotatable bonds is 6. The lowest BCUT2D eigenvalue weighted by molar-refractivity contribution is 0.415. The number of hydrogen-bond donors (Lipinski definition) is 1. The first kappa shape index (κ1) is 17.2. The highest BCUT2D eigenvalue weighted by atomic mass is 16.5. The second-order valence-electron chi connectivity index (χ2n) is 6.37. The summed E-state index contributed by atoms with van der Waals surface area (Å²) in [4.78, 5) is 11.7. The molecule has 0 saturated carbocycles. The Morgan fingerprint density at radius 1 is 1.04 bits per heavy atom. The number of benzene rings is 2. The second kappa shape index (κ2) is 7.49. The number of nitrogens with zero attached hydrogens (tertiary/aromatic N) is 3. The van der Waals surface area contributed by atoms with Crippen LogP contribution in [0, 0.1) is 6.92 Å². The third kappa shape index (κ3) is 4.06. The normalized spacial score (nSPS) is 11.1. The molecule has 0 spiro atoms. The van der Waals surface area contributed by atoms with Crippen molar-refractivity contribution in [1.82, 2.24) is 14.9 Å². The SMILES string of the molecule is COc1ccc(-c2nc(NCCN(C)C)c3cc(C)ccc3n2)cc1. The Hall–Kier alpha value is -2.66. The van der Waals surface area contributed by atoms with Crippen LogP contribution in [0.25, 0.3) is 22.3 Å². The quantitative estimate of drug-likeness (QED) is 0.745. The summed E-state index contributed by atoms with van der Waals surface area (Å²) in [6.45, 7) is 3.85. The van der Waals surface area contributed by atoms with Gasteiger partial charge in [0.25, 0.3) is 0 Å². The molecule has 130 valence electrons. The Morgan fingerprint density at radius 2 is 1.80 bits per heavy atom. The Balaban J connectivity index is 2.02. The zero-order valence-corrected chi connectivity index (χ0v) is 15.2. The van der Waals surface area contributed by atoms with E-state index in [1.54, 1.807) is 7.11 Å². The van der Waals surface area contributed by atoms with Gasteiger partial charge in [-0.1, -0.05) is 11.6 Å². The van der Waals surface area contributed by atoms with E-state index in [0.29, 0.717) is 5.82 Å². The maximum absolute atomic E-state index is 5.23. The third-order valence-electron chi connectivity index (χ3n) is 4.05. The molecule has 0 amide bonds. The van der Waals surface area contributed by atoms with Crippen molar-refractivity contribution in [1.29, 1.82) is 0 Å². The molecular weight excluding hydrogens is 312 g/mol. The molecule has 0 fully saturated rings. The van der Waals surface area contributed by atoms with Gasteiger partial charge in [-0.25, -0.2) is 9.97 Å². The van der Waals surface area contributed by atoms with Crippen molar-refractivity contribution in [2.24, 2.45) is 0 Å². The molecule has 0 aliphatic carbocycles. The maximum Gasteiger partial charge on any atom is 0.162 e. The van der Waals surface area contributed by atoms with E-state index in [-0.39, 0.29) is 0 Å². The molecule has 5 heteroatoms. The number of aryl methyl sites for hydroxylation is 1. The summed E-state index contributed by atoms with van der Waals surface area (Å²) in [6, 6.07) is 14.1. The lowest BCUT2D eigenvalue weighted by Gasteiger charge is -2.14. The fraction of sp³-hybridized carbons (Fsp3) is 0.300. The first-order valence-corrected chi connectivity index (χ1v) is 8.38. The predicted molar refractivity (Wildman–Crippen MR) is 103 cm³/mol. The highest BCUT2D eigenvalue weighted by molar-refractivity contribution is 5.91. The summed E-state index contributed by atoms with van der Waals surface area (Å²) in [5.41, 5.74) is 3.11. The zero-order valence-electron chi connectivity index (χ0n) is 15.2. The number of anilines is 1. The second-order valence-corrected chi connectivity index (χ2v) is 6.37. The molecule has 2 aromatic carbocycles. The topological polar surface area (TPSA) is 50.3 Å². The average molecular weight is 336 g/mol. The van der Waals surface area contributed by atoms with Gasteiger partial charge in [-0.3, -0.25) is 0 Å². The van der Waals surface area contributed by atoms with E-state index in [2.05, 4.69) is 49.4 Å². The smallest absolute Gasteiger partial charge is 0.162 e. The van der Waals surface area contributed by atoms with Crippen molar-refractivity contribution in [2.75, 3.05) is 39.6 Å². The molecule has 1 aromatic heterocycles. The van der Waals surface area contributed by atoms with Gasteiger partial charge in [0.05, 0.1) is 12.6 Å². The van der Waals surface area contributed by atoms with Gasteiger partial charge in [-0.05, 0) is 57.4 Å². The lowest BCUT2D eigenvalue weighted by atomic mass is 10.1. The molecule has 3 aromatic rings. The van der Waals surface area contributed by atoms with Crippen LogP contribution in [0.15, 0.2) is 42.5 Å². The molecule has 5 nitrogen and oxygen atoms in total. The maximum atomic E-state index is 5.23. The number of hydrogen-bond acceptors (Lipinski definition) is 5. The van der Waals surface area contributed by atoms with Crippen LogP contribution in [0.2, 0.25) is 0 Å². The Kier molecular flexibility index (Phi) is 5.14. The van der Waals surface area contributed by atoms with Crippen LogP contribution >= 0.6 is 0 Å². The standard InChI is InChI=1S/C20H24N4O/c1-14-5-10-18-17(13-14)20(21-11-12-24(2)3)23-19(22-18)15-6-8-16(25-4)9-7-15/h5-10,13H,11-12H2,1-4H3,(H,21,22,23). The summed E-state index contributed by atoms with van der Waals surface area (Å²) in [7, 11) is 5.79. The molecule has 0 aliphatic rings. The minimum absolute atomic E-state index is 0.714. The molecule has 0 atom stereocenters. The highest BCUT2D eigenvalue weighted by Gasteiger charge is 2.10. The van der Waals surface area contributed by atoms with E-state index in [1.165, 1.54) is 5.56 Å². The summed E-state index contributed by atoms with van der Waals surface area (Å²) in [5, 5.41) is 4.51. The van der Waals surface area contributed by atoms with E-state index in [9.17, 15) is 0 Å². The molecule has 0 aliphatic heterocycles. The third-order valence-corrected chi connectivity index (χ3v) is 4.05. The Bertz CT molecular complexity index is 859. The monoisotopic (exact) mass is 336 g/mol. The predicted octanol–water partition coefficient (Wildman–Crippen LogP) is 3.59. The number of fused-ring (bicyclic) bond motifs is 1. The first-order valence-electron chi connectivity index (χ1n) is 8.38. The van der Waals surface area contributed by atoms with Gasteiger partial charge in [0, 0.05) is 24.0 Å². The van der Waals surface area contributed by atoms with Crippen molar-refractivity contribution < 1.29 is 4.74 Å². The average Bonchev–Trinajstić information content (AvgIpc) is 2.61. The number of methoxy groups -OCH3 is 1. The van der Waals surface area contributed by atoms with Gasteiger partial charge < -0.3 is 15.0 Å². The van der Waals surface area contributed by atoms with Gasteiger partial charge in [0.2, 0.25) is 0 Å². The van der Waals surface area contributed by atoms with E-state index in [0.717, 1.165) is 41.1 Å². The molecule has 25 heavy (non-hydrogen) atoms. The molecule has 0 unspecified atom stereocenters. The highest BCUT2D eigenvalue weighted by Crippen LogP contribution is 2.26. The van der Waals surface area contributed by atoms with Crippen LogP contribution in [0.1, 0.15) is 5.56 Å². The van der Waals surface area contributed by atoms with E-state index in [4.69, 9.17) is 14.7 Å². The minimum atomic E-state index is 0.714. The zero-order chi connectivity index (χ0) is 17.8. The fourth-order valence-electron chi connectivity index (χ4n) is 2.64. The summed E-state index contributed by atoms with van der Waals surface area (Å²) in [6.07, 6.45) is 0. The van der Waals surface area contributed by atoms with Crippen LogP contribution in [0.5, 0.6) is 5.75 Å². The number of aromatic nitrogens is 2. The number of nitrogens with one attached hydrogen (secondary N) is 1. The lowest BCUT2D eigenvalue weighted by Crippen LogP contribution is -2.21. The Morgan fingerprint density at radius 3 is 2.48 bits per heavy atom. The first-order chi connectivity index (χ1) is 12.1. The van der Waals surface area contributed by atoms with Crippen LogP contribution < -0.4 is 10.1 Å². The van der Waals surface area contributed by atoms with Gasteiger partial charge in [0.1, 0.15) is 11.6 Å². The number of ether oxygens (including phenoxy) is 1.